The van der Waals surface area contributed by atoms with Crippen LogP contribution in [0.2, 0.25) is 0 Å². The Morgan fingerprint density at radius 2 is 1.45 bits per heavy atom. The van der Waals surface area contributed by atoms with Gasteiger partial charge in [0.2, 0.25) is 0 Å². The first-order valence-electron chi connectivity index (χ1n) is 7.06. The second kappa shape index (κ2) is 6.71. The molecule has 3 nitrogen and oxygen atoms in total. The molecule has 0 heterocycles. The van der Waals surface area contributed by atoms with Gasteiger partial charge in [0.25, 0.3) is 0 Å². The Kier molecular flexibility index (Phi) is 4.93. The van der Waals surface area contributed by atoms with E-state index in [0.717, 1.165) is 5.56 Å². The number of nitrogens with zero attached hydrogens (tertiary/aromatic N) is 1. The average Bonchev–Trinajstić information content (AvgIpc) is 2.47. The summed E-state index contributed by atoms with van der Waals surface area (Å²) in [5.74, 6) is 0. The van der Waals surface area contributed by atoms with Gasteiger partial charge >= 0.3 is 6.09 Å². The lowest BCUT2D eigenvalue weighted by Gasteiger charge is -2.27. The Labute approximate surface area is 136 Å². The van der Waals surface area contributed by atoms with Gasteiger partial charge in [0.05, 0.1) is 5.69 Å². The fraction of sp³-hybridized carbons (Fsp3) is 0.222. The van der Waals surface area contributed by atoms with Crippen LogP contribution in [-0.4, -0.2) is 16.7 Å². The Hall–Kier alpha value is -2.20. The fourth-order valence-corrected chi connectivity index (χ4v) is 2.22. The van der Waals surface area contributed by atoms with E-state index in [9.17, 15) is 4.79 Å². The number of para-hydroxylation sites is 1. The van der Waals surface area contributed by atoms with E-state index >= 15 is 0 Å². The Morgan fingerprint density at radius 1 is 0.955 bits per heavy atom. The standard InChI is InChI=1S/C18H19NO2S/c1-18(2,3)21-17(20)19(15-12-8-5-9-13-15)16(22)14-10-6-4-7-11-14/h4-13H,1-3H3. The number of ether oxygens (including phenoxy) is 1. The summed E-state index contributed by atoms with van der Waals surface area (Å²) in [5, 5.41) is 0. The van der Waals surface area contributed by atoms with E-state index < -0.39 is 11.7 Å². The van der Waals surface area contributed by atoms with Crippen LogP contribution in [0.15, 0.2) is 60.7 Å². The van der Waals surface area contributed by atoms with Crippen LogP contribution < -0.4 is 4.90 Å². The number of thiocarbonyl (C=S) groups is 1. The molecule has 0 aromatic heterocycles. The average molecular weight is 313 g/mol. The van der Waals surface area contributed by atoms with Crippen LogP contribution in [-0.2, 0) is 4.74 Å². The maximum Gasteiger partial charge on any atom is 0.420 e. The molecule has 0 unspecified atom stereocenters. The summed E-state index contributed by atoms with van der Waals surface area (Å²) >= 11 is 5.51. The van der Waals surface area contributed by atoms with E-state index in [1.165, 1.54) is 4.90 Å². The first-order chi connectivity index (χ1) is 10.4. The van der Waals surface area contributed by atoms with Gasteiger partial charge in [-0.05, 0) is 32.9 Å². The second-order valence-electron chi connectivity index (χ2n) is 5.82. The van der Waals surface area contributed by atoms with Crippen LogP contribution in [0.4, 0.5) is 10.5 Å². The number of anilines is 1. The van der Waals surface area contributed by atoms with Crippen LogP contribution in [0.3, 0.4) is 0 Å². The Balaban J connectivity index is 2.38. The van der Waals surface area contributed by atoms with E-state index in [4.69, 9.17) is 17.0 Å². The zero-order valence-corrected chi connectivity index (χ0v) is 13.8. The zero-order chi connectivity index (χ0) is 16.2. The minimum absolute atomic E-state index is 0.418. The SMILES string of the molecule is CC(C)(C)OC(=O)N(C(=S)c1ccccc1)c1ccccc1. The number of benzene rings is 2. The number of amides is 1. The molecule has 4 heteroatoms. The van der Waals surface area contributed by atoms with E-state index in [-0.39, 0.29) is 0 Å². The predicted molar refractivity (Wildman–Crippen MR) is 93.3 cm³/mol. The van der Waals surface area contributed by atoms with E-state index in [1.807, 2.05) is 81.4 Å². The van der Waals surface area contributed by atoms with Crippen molar-refractivity contribution in [1.29, 1.82) is 0 Å². The molecular formula is C18H19NO2S. The normalized spacial score (nSPS) is 10.9. The topological polar surface area (TPSA) is 29.5 Å². The van der Waals surface area contributed by atoms with Crippen molar-refractivity contribution < 1.29 is 9.53 Å². The first-order valence-corrected chi connectivity index (χ1v) is 7.47. The van der Waals surface area contributed by atoms with E-state index in [1.54, 1.807) is 0 Å². The van der Waals surface area contributed by atoms with Gasteiger partial charge < -0.3 is 4.74 Å². The van der Waals surface area contributed by atoms with Crippen molar-refractivity contribution in [1.82, 2.24) is 0 Å². The van der Waals surface area contributed by atoms with Crippen LogP contribution in [0.5, 0.6) is 0 Å². The van der Waals surface area contributed by atoms with E-state index in [0.29, 0.717) is 10.7 Å². The highest BCUT2D eigenvalue weighted by Crippen LogP contribution is 2.21. The van der Waals surface area contributed by atoms with Gasteiger partial charge in [-0.25, -0.2) is 9.69 Å². The third-order valence-corrected chi connectivity index (χ3v) is 3.23. The van der Waals surface area contributed by atoms with Crippen molar-refractivity contribution in [3.63, 3.8) is 0 Å². The lowest BCUT2D eigenvalue weighted by atomic mass is 10.2. The molecule has 0 aliphatic carbocycles. The number of hydrogen-bond donors (Lipinski definition) is 0. The number of carbonyl (C=O) groups is 1. The van der Waals surface area contributed by atoms with Crippen molar-refractivity contribution in [3.05, 3.63) is 66.2 Å². The van der Waals surface area contributed by atoms with Gasteiger partial charge in [-0.2, -0.15) is 0 Å². The molecule has 0 atom stereocenters. The highest BCUT2D eigenvalue weighted by Gasteiger charge is 2.27. The van der Waals surface area contributed by atoms with Gasteiger partial charge in [-0.3, -0.25) is 0 Å². The van der Waals surface area contributed by atoms with Crippen LogP contribution in [0, 0.1) is 0 Å². The minimum Gasteiger partial charge on any atom is -0.443 e. The Morgan fingerprint density at radius 3 is 1.95 bits per heavy atom. The molecule has 0 aliphatic rings. The monoisotopic (exact) mass is 313 g/mol. The summed E-state index contributed by atoms with van der Waals surface area (Å²) in [6.07, 6.45) is -0.479. The van der Waals surface area contributed by atoms with Crippen LogP contribution in [0.1, 0.15) is 26.3 Å². The molecule has 22 heavy (non-hydrogen) atoms. The third kappa shape index (κ3) is 4.15. The number of rotatable bonds is 2. The van der Waals surface area contributed by atoms with Crippen molar-refractivity contribution in [2.24, 2.45) is 0 Å². The van der Waals surface area contributed by atoms with Crippen LogP contribution in [0.25, 0.3) is 0 Å². The largest absolute Gasteiger partial charge is 0.443 e. The van der Waals surface area contributed by atoms with Crippen molar-refractivity contribution in [2.45, 2.75) is 26.4 Å². The highest BCUT2D eigenvalue weighted by atomic mass is 32.1. The van der Waals surface area contributed by atoms with Crippen molar-refractivity contribution >= 4 is 29.0 Å². The molecule has 0 bridgehead atoms. The number of hydrogen-bond acceptors (Lipinski definition) is 3. The maximum atomic E-state index is 12.6. The smallest absolute Gasteiger partial charge is 0.420 e. The summed E-state index contributed by atoms with van der Waals surface area (Å²) in [6.45, 7) is 5.50. The molecule has 2 aromatic rings. The molecular weight excluding hydrogens is 294 g/mol. The molecule has 0 radical (unpaired) electrons. The molecule has 114 valence electrons. The zero-order valence-electron chi connectivity index (χ0n) is 12.9. The lowest BCUT2D eigenvalue weighted by molar-refractivity contribution is 0.0605. The molecule has 1 amide bonds. The summed E-state index contributed by atoms with van der Waals surface area (Å²) < 4.78 is 5.50. The first kappa shape index (κ1) is 16.2. The molecule has 2 aromatic carbocycles. The molecule has 0 aliphatic heterocycles. The van der Waals surface area contributed by atoms with Crippen LogP contribution >= 0.6 is 12.2 Å². The second-order valence-corrected chi connectivity index (χ2v) is 6.21. The highest BCUT2D eigenvalue weighted by molar-refractivity contribution is 7.81. The minimum atomic E-state index is -0.587. The van der Waals surface area contributed by atoms with Crippen molar-refractivity contribution in [3.8, 4) is 0 Å². The van der Waals surface area contributed by atoms with Gasteiger partial charge in [0.1, 0.15) is 10.6 Å². The summed E-state index contributed by atoms with van der Waals surface area (Å²) in [4.78, 5) is 14.4. The molecule has 0 fully saturated rings. The number of carbonyl (C=O) groups excluding carboxylic acids is 1. The molecule has 0 saturated carbocycles. The van der Waals surface area contributed by atoms with E-state index in [2.05, 4.69) is 0 Å². The molecule has 0 spiro atoms. The summed E-state index contributed by atoms with van der Waals surface area (Å²) in [7, 11) is 0. The molecule has 0 saturated heterocycles. The quantitative estimate of drug-likeness (QED) is 0.746. The predicted octanol–water partition coefficient (Wildman–Crippen LogP) is 4.80. The third-order valence-electron chi connectivity index (χ3n) is 2.81. The lowest BCUT2D eigenvalue weighted by Crippen LogP contribution is -2.40. The van der Waals surface area contributed by atoms with Gasteiger partial charge in [-0.1, -0.05) is 60.7 Å². The van der Waals surface area contributed by atoms with Gasteiger partial charge in [0, 0.05) is 5.56 Å². The summed E-state index contributed by atoms with van der Waals surface area (Å²) in [5.41, 5.74) is 0.897. The maximum absolute atomic E-state index is 12.6. The fourth-order valence-electron chi connectivity index (χ4n) is 1.90. The Bertz CT molecular complexity index is 648. The summed E-state index contributed by atoms with van der Waals surface area (Å²) in [6, 6.07) is 18.7. The van der Waals surface area contributed by atoms with Gasteiger partial charge in [-0.15, -0.1) is 0 Å². The van der Waals surface area contributed by atoms with Gasteiger partial charge in [0.15, 0.2) is 0 Å². The molecule has 0 N–H and O–H groups in total. The van der Waals surface area contributed by atoms with Crippen molar-refractivity contribution in [2.75, 3.05) is 4.90 Å². The molecule has 2 rings (SSSR count).